The molecule has 1 aromatic heterocycles. The van der Waals surface area contributed by atoms with Gasteiger partial charge < -0.3 is 31.4 Å². The maximum atomic E-state index is 14.5. The molecule has 9 heteroatoms. The minimum Gasteiger partial charge on any atom is -0.497 e. The molecule has 0 aliphatic rings. The summed E-state index contributed by atoms with van der Waals surface area (Å²) in [6, 6.07) is 10.1. The van der Waals surface area contributed by atoms with Gasteiger partial charge in [-0.3, -0.25) is 4.79 Å². The van der Waals surface area contributed by atoms with Gasteiger partial charge in [0.25, 0.3) is 5.56 Å². The first-order valence-electron chi connectivity index (χ1n) is 11.9. The van der Waals surface area contributed by atoms with E-state index in [4.69, 9.17) is 10.5 Å². The molecule has 0 aliphatic carbocycles. The average molecular weight is 471 g/mol. The Hall–Kier alpha value is -3.01. The fraction of sp³-hybridized carbons (Fsp3) is 0.440. The first kappa shape index (κ1) is 25.6. The van der Waals surface area contributed by atoms with Crippen LogP contribution in [0.1, 0.15) is 25.7 Å². The molecule has 0 atom stereocenters. The van der Waals surface area contributed by atoms with E-state index in [-0.39, 0.29) is 10.9 Å². The summed E-state index contributed by atoms with van der Waals surface area (Å²) in [5.74, 6) is 0.675. The average Bonchev–Trinajstić information content (AvgIpc) is 2.85. The van der Waals surface area contributed by atoms with Crippen LogP contribution in [0.15, 0.2) is 41.2 Å². The van der Waals surface area contributed by atoms with Crippen molar-refractivity contribution in [1.82, 2.24) is 20.6 Å². The molecule has 8 nitrogen and oxygen atoms in total. The van der Waals surface area contributed by atoms with Crippen molar-refractivity contribution in [2.45, 2.75) is 25.7 Å². The fourth-order valence-corrected chi connectivity index (χ4v) is 3.59. The zero-order chi connectivity index (χ0) is 24.2. The lowest BCUT2D eigenvalue weighted by molar-refractivity contribution is 0.415. The third-order valence-corrected chi connectivity index (χ3v) is 5.52. The van der Waals surface area contributed by atoms with Gasteiger partial charge in [0.05, 0.1) is 23.7 Å². The third kappa shape index (κ3) is 7.51. The lowest BCUT2D eigenvalue weighted by Gasteiger charge is -2.10. The smallest absolute Gasteiger partial charge is 0.259 e. The van der Waals surface area contributed by atoms with E-state index in [0.717, 1.165) is 64.0 Å². The first-order chi connectivity index (χ1) is 16.6. The molecule has 0 saturated carbocycles. The maximum Gasteiger partial charge on any atom is 0.259 e. The summed E-state index contributed by atoms with van der Waals surface area (Å²) >= 11 is 0. The number of hydrogen-bond donors (Lipinski definition) is 5. The predicted octanol–water partition coefficient (Wildman–Crippen LogP) is 2.85. The molecule has 0 amide bonds. The van der Waals surface area contributed by atoms with Gasteiger partial charge in [0.1, 0.15) is 17.4 Å². The molecule has 0 saturated heterocycles. The summed E-state index contributed by atoms with van der Waals surface area (Å²) in [6.07, 6.45) is 4.10. The van der Waals surface area contributed by atoms with Gasteiger partial charge in [-0.1, -0.05) is 0 Å². The molecule has 0 spiro atoms. The van der Waals surface area contributed by atoms with Crippen LogP contribution in [0.3, 0.4) is 0 Å². The van der Waals surface area contributed by atoms with Crippen LogP contribution in [-0.2, 0) is 0 Å². The van der Waals surface area contributed by atoms with Gasteiger partial charge in [-0.15, -0.1) is 0 Å². The van der Waals surface area contributed by atoms with Gasteiger partial charge >= 0.3 is 0 Å². The molecule has 6 N–H and O–H groups in total. The Morgan fingerprint density at radius 2 is 1.65 bits per heavy atom. The van der Waals surface area contributed by atoms with Crippen molar-refractivity contribution in [3.8, 4) is 17.1 Å². The highest BCUT2D eigenvalue weighted by Crippen LogP contribution is 2.23. The predicted molar refractivity (Wildman–Crippen MR) is 136 cm³/mol. The van der Waals surface area contributed by atoms with E-state index < -0.39 is 5.82 Å². The third-order valence-electron chi connectivity index (χ3n) is 5.52. The normalized spacial score (nSPS) is 11.1. The Morgan fingerprint density at radius 1 is 0.971 bits per heavy atom. The Balaban J connectivity index is 1.49. The van der Waals surface area contributed by atoms with Crippen LogP contribution in [0.2, 0.25) is 0 Å². The van der Waals surface area contributed by atoms with Crippen LogP contribution in [0.25, 0.3) is 22.3 Å². The van der Waals surface area contributed by atoms with Crippen molar-refractivity contribution in [2.24, 2.45) is 5.73 Å². The van der Waals surface area contributed by atoms with E-state index in [9.17, 15) is 9.18 Å². The minimum absolute atomic E-state index is 0.222. The van der Waals surface area contributed by atoms with Crippen molar-refractivity contribution in [2.75, 3.05) is 51.7 Å². The molecular formula is C25H35FN6O2. The topological polar surface area (TPSA) is 117 Å². The van der Waals surface area contributed by atoms with Crippen LogP contribution in [-0.4, -0.2) is 56.3 Å². The van der Waals surface area contributed by atoms with Gasteiger partial charge in [-0.05, 0) is 94.8 Å². The standard InChI is InChI=1S/C25H35FN6O2/c1-34-19-8-6-18(7-9-19)24-31-22-17-23(21(26)16-20(22)25(33)32-24)30-15-5-14-29-12-3-2-11-28-13-4-10-27/h6-9,16-17,28-30H,2-5,10-15,27H2,1H3,(H,31,32,33). The highest BCUT2D eigenvalue weighted by atomic mass is 19.1. The molecule has 3 rings (SSSR count). The maximum absolute atomic E-state index is 14.5. The van der Waals surface area contributed by atoms with Crippen LogP contribution in [0, 0.1) is 5.82 Å². The van der Waals surface area contributed by atoms with Crippen LogP contribution in [0.4, 0.5) is 10.1 Å². The van der Waals surface area contributed by atoms with Gasteiger partial charge in [0.15, 0.2) is 0 Å². The largest absolute Gasteiger partial charge is 0.497 e. The highest BCUT2D eigenvalue weighted by Gasteiger charge is 2.11. The number of aromatic nitrogens is 2. The monoisotopic (exact) mass is 470 g/mol. The molecule has 3 aromatic rings. The number of methoxy groups -OCH3 is 1. The van der Waals surface area contributed by atoms with Crippen molar-refractivity contribution in [3.05, 3.63) is 52.6 Å². The van der Waals surface area contributed by atoms with E-state index >= 15 is 0 Å². The van der Waals surface area contributed by atoms with Crippen molar-refractivity contribution >= 4 is 16.6 Å². The molecule has 2 aromatic carbocycles. The molecular weight excluding hydrogens is 435 g/mol. The second-order valence-electron chi connectivity index (χ2n) is 8.12. The molecule has 184 valence electrons. The number of ether oxygens (including phenoxy) is 1. The Bertz CT molecular complexity index is 1090. The molecule has 0 fully saturated rings. The van der Waals surface area contributed by atoms with Gasteiger partial charge in [0, 0.05) is 12.1 Å². The number of H-pyrrole nitrogens is 1. The molecule has 34 heavy (non-hydrogen) atoms. The van der Waals surface area contributed by atoms with Gasteiger partial charge in [-0.25, -0.2) is 9.37 Å². The number of unbranched alkanes of at least 4 members (excludes halogenated alkanes) is 1. The number of halogens is 1. The molecule has 1 heterocycles. The summed E-state index contributed by atoms with van der Waals surface area (Å²) in [7, 11) is 1.59. The summed E-state index contributed by atoms with van der Waals surface area (Å²) < 4.78 is 19.7. The summed E-state index contributed by atoms with van der Waals surface area (Å²) in [5.41, 5.74) is 6.62. The zero-order valence-electron chi connectivity index (χ0n) is 19.8. The zero-order valence-corrected chi connectivity index (χ0v) is 19.8. The summed E-state index contributed by atoms with van der Waals surface area (Å²) in [6.45, 7) is 5.15. The quantitative estimate of drug-likeness (QED) is 0.217. The summed E-state index contributed by atoms with van der Waals surface area (Å²) in [4.78, 5) is 19.8. The van der Waals surface area contributed by atoms with E-state index in [2.05, 4.69) is 25.9 Å². The Kier molecular flexibility index (Phi) is 10.3. The van der Waals surface area contributed by atoms with Gasteiger partial charge in [-0.2, -0.15) is 0 Å². The SMILES string of the molecule is COc1ccc(-c2nc3cc(NCCCNCCCCNCCCN)c(F)cc3c(=O)[nH]2)cc1. The number of nitrogens with one attached hydrogen (secondary N) is 4. The first-order valence-corrected chi connectivity index (χ1v) is 11.9. The van der Waals surface area contributed by atoms with Crippen molar-refractivity contribution < 1.29 is 9.13 Å². The van der Waals surface area contributed by atoms with Crippen LogP contribution < -0.4 is 32.0 Å². The number of anilines is 1. The van der Waals surface area contributed by atoms with Crippen LogP contribution in [0.5, 0.6) is 5.75 Å². The highest BCUT2D eigenvalue weighted by molar-refractivity contribution is 5.83. The Labute approximate surface area is 199 Å². The number of nitrogens with zero attached hydrogens (tertiary/aromatic N) is 1. The number of fused-ring (bicyclic) bond motifs is 1. The number of hydrogen-bond acceptors (Lipinski definition) is 7. The number of benzene rings is 2. The summed E-state index contributed by atoms with van der Waals surface area (Å²) in [5, 5.41) is 10.1. The van der Waals surface area contributed by atoms with Crippen molar-refractivity contribution in [3.63, 3.8) is 0 Å². The van der Waals surface area contributed by atoms with Gasteiger partial charge in [0.2, 0.25) is 0 Å². The lowest BCUT2D eigenvalue weighted by Crippen LogP contribution is -2.22. The number of aromatic amines is 1. The second-order valence-corrected chi connectivity index (χ2v) is 8.12. The van der Waals surface area contributed by atoms with E-state index in [0.29, 0.717) is 29.3 Å². The van der Waals surface area contributed by atoms with E-state index in [1.54, 1.807) is 25.3 Å². The molecule has 0 radical (unpaired) electrons. The number of nitrogens with two attached hydrogens (primary N) is 1. The number of rotatable bonds is 15. The van der Waals surface area contributed by atoms with Crippen molar-refractivity contribution in [1.29, 1.82) is 0 Å². The van der Waals surface area contributed by atoms with E-state index in [1.807, 2.05) is 12.1 Å². The van der Waals surface area contributed by atoms with Crippen LogP contribution >= 0.6 is 0 Å². The minimum atomic E-state index is -0.466. The lowest BCUT2D eigenvalue weighted by atomic mass is 10.1. The molecule has 0 unspecified atom stereocenters. The Morgan fingerprint density at radius 3 is 2.32 bits per heavy atom. The second kappa shape index (κ2) is 13.6. The fourth-order valence-electron chi connectivity index (χ4n) is 3.59. The molecule has 0 bridgehead atoms. The molecule has 0 aliphatic heterocycles. The van der Waals surface area contributed by atoms with E-state index in [1.165, 1.54) is 6.07 Å².